The van der Waals surface area contributed by atoms with Crippen LogP contribution in [-0.4, -0.2) is 25.0 Å². The van der Waals surface area contributed by atoms with Gasteiger partial charge in [-0.15, -0.1) is 0 Å². The molecule has 1 heteroatoms. The Hall–Kier alpha value is -0.0400. The molecule has 0 unspecified atom stereocenters. The highest BCUT2D eigenvalue weighted by Gasteiger charge is 2.44. The van der Waals surface area contributed by atoms with Crippen LogP contribution in [0.3, 0.4) is 0 Å². The van der Waals surface area contributed by atoms with Crippen molar-refractivity contribution in [2.24, 2.45) is 11.3 Å². The van der Waals surface area contributed by atoms with E-state index in [1.54, 1.807) is 0 Å². The highest BCUT2D eigenvalue weighted by atomic mass is 15.1. The number of nitrogens with zero attached hydrogens (tertiary/aromatic N) is 1. The maximum absolute atomic E-state index is 2.51. The maximum Gasteiger partial charge on any atom is 0.00375 e. The summed E-state index contributed by atoms with van der Waals surface area (Å²) in [5, 5.41) is 0. The van der Waals surface area contributed by atoms with Crippen LogP contribution in [0.5, 0.6) is 0 Å². The van der Waals surface area contributed by atoms with Crippen LogP contribution in [0.25, 0.3) is 0 Å². The molecule has 1 atom stereocenters. The second-order valence-corrected chi connectivity index (χ2v) is 4.64. The van der Waals surface area contributed by atoms with E-state index in [-0.39, 0.29) is 0 Å². The Morgan fingerprint density at radius 1 is 1.36 bits per heavy atom. The molecule has 0 N–H and O–H groups in total. The van der Waals surface area contributed by atoms with Gasteiger partial charge in [-0.1, -0.05) is 13.3 Å². The Balaban J connectivity index is 2.04. The highest BCUT2D eigenvalue weighted by molar-refractivity contribution is 4.96. The zero-order valence-electron chi connectivity index (χ0n) is 7.77. The molecule has 1 saturated carbocycles. The molecular formula is C10H19N. The Bertz CT molecular complexity index is 149. The van der Waals surface area contributed by atoms with Gasteiger partial charge in [-0.3, -0.25) is 0 Å². The minimum Gasteiger partial charge on any atom is -0.306 e. The van der Waals surface area contributed by atoms with Gasteiger partial charge < -0.3 is 4.90 Å². The molecule has 1 saturated heterocycles. The van der Waals surface area contributed by atoms with Gasteiger partial charge in [0.15, 0.2) is 0 Å². The Labute approximate surface area is 69.8 Å². The third-order valence-electron chi connectivity index (χ3n) is 3.92. The summed E-state index contributed by atoms with van der Waals surface area (Å²) in [6.45, 7) is 5.14. The molecule has 1 aliphatic heterocycles. The molecule has 2 rings (SSSR count). The van der Waals surface area contributed by atoms with Crippen molar-refractivity contribution in [1.29, 1.82) is 0 Å². The fraction of sp³-hybridized carbons (Fsp3) is 1.00. The number of piperidine rings is 1. The third-order valence-corrected chi connectivity index (χ3v) is 3.92. The molecule has 1 heterocycles. The summed E-state index contributed by atoms with van der Waals surface area (Å²) in [7, 11) is 2.27. The molecular weight excluding hydrogens is 134 g/mol. The smallest absolute Gasteiger partial charge is 0.00375 e. The van der Waals surface area contributed by atoms with E-state index in [1.807, 2.05) is 0 Å². The monoisotopic (exact) mass is 153 g/mol. The first-order valence-corrected chi connectivity index (χ1v) is 4.91. The van der Waals surface area contributed by atoms with Crippen LogP contribution in [0.4, 0.5) is 0 Å². The molecule has 11 heavy (non-hydrogen) atoms. The summed E-state index contributed by atoms with van der Waals surface area (Å²) in [5.74, 6) is 0.993. The van der Waals surface area contributed by atoms with Crippen molar-refractivity contribution in [3.63, 3.8) is 0 Å². The van der Waals surface area contributed by atoms with Gasteiger partial charge in [0.1, 0.15) is 0 Å². The predicted octanol–water partition coefficient (Wildman–Crippen LogP) is 2.13. The molecule has 0 radical (unpaired) electrons. The largest absolute Gasteiger partial charge is 0.306 e. The van der Waals surface area contributed by atoms with Crippen molar-refractivity contribution in [3.8, 4) is 0 Å². The molecule has 0 aromatic heterocycles. The Morgan fingerprint density at radius 2 is 2.09 bits per heavy atom. The SMILES string of the molecule is C[C@@H]1CCN(C)CC12CCC2. The molecule has 2 fully saturated rings. The van der Waals surface area contributed by atoms with Gasteiger partial charge in [0, 0.05) is 6.54 Å². The zero-order chi connectivity index (χ0) is 7.90. The van der Waals surface area contributed by atoms with Crippen molar-refractivity contribution in [2.45, 2.75) is 32.6 Å². The van der Waals surface area contributed by atoms with Gasteiger partial charge in [-0.05, 0) is 44.2 Å². The van der Waals surface area contributed by atoms with Gasteiger partial charge in [0.2, 0.25) is 0 Å². The average Bonchev–Trinajstić information content (AvgIpc) is 1.91. The first-order valence-electron chi connectivity index (χ1n) is 4.91. The molecule has 64 valence electrons. The quantitative estimate of drug-likeness (QED) is 0.515. The lowest BCUT2D eigenvalue weighted by atomic mass is 9.59. The first kappa shape index (κ1) is 7.60. The van der Waals surface area contributed by atoms with Crippen LogP contribution in [0, 0.1) is 11.3 Å². The number of likely N-dealkylation sites (tertiary alicyclic amines) is 1. The van der Waals surface area contributed by atoms with E-state index in [4.69, 9.17) is 0 Å². The summed E-state index contributed by atoms with van der Waals surface area (Å²) in [6.07, 6.45) is 5.91. The van der Waals surface area contributed by atoms with E-state index in [0.29, 0.717) is 0 Å². The van der Waals surface area contributed by atoms with E-state index in [0.717, 1.165) is 11.3 Å². The van der Waals surface area contributed by atoms with E-state index < -0.39 is 0 Å². The molecule has 1 spiro atoms. The van der Waals surface area contributed by atoms with E-state index in [1.165, 1.54) is 38.8 Å². The van der Waals surface area contributed by atoms with Crippen molar-refractivity contribution in [1.82, 2.24) is 4.90 Å². The molecule has 2 aliphatic rings. The Kier molecular flexibility index (Phi) is 1.71. The van der Waals surface area contributed by atoms with Crippen LogP contribution in [0.2, 0.25) is 0 Å². The average molecular weight is 153 g/mol. The van der Waals surface area contributed by atoms with Crippen LogP contribution < -0.4 is 0 Å². The van der Waals surface area contributed by atoms with Gasteiger partial charge in [0.05, 0.1) is 0 Å². The van der Waals surface area contributed by atoms with Crippen LogP contribution >= 0.6 is 0 Å². The summed E-state index contributed by atoms with van der Waals surface area (Å²) in [5.41, 5.74) is 0.757. The van der Waals surface area contributed by atoms with Crippen LogP contribution in [-0.2, 0) is 0 Å². The molecule has 0 aromatic carbocycles. The van der Waals surface area contributed by atoms with Crippen molar-refractivity contribution in [3.05, 3.63) is 0 Å². The fourth-order valence-electron chi connectivity index (χ4n) is 2.77. The first-order chi connectivity index (χ1) is 5.23. The Morgan fingerprint density at radius 3 is 2.55 bits per heavy atom. The maximum atomic E-state index is 2.51. The second-order valence-electron chi connectivity index (χ2n) is 4.64. The van der Waals surface area contributed by atoms with Crippen LogP contribution in [0.15, 0.2) is 0 Å². The van der Waals surface area contributed by atoms with Crippen molar-refractivity contribution < 1.29 is 0 Å². The molecule has 0 aromatic rings. The minimum absolute atomic E-state index is 0.757. The van der Waals surface area contributed by atoms with E-state index in [9.17, 15) is 0 Å². The lowest BCUT2D eigenvalue weighted by Gasteiger charge is -2.52. The normalized spacial score (nSPS) is 37.1. The lowest BCUT2D eigenvalue weighted by molar-refractivity contribution is -0.0186. The molecule has 0 amide bonds. The van der Waals surface area contributed by atoms with E-state index in [2.05, 4.69) is 18.9 Å². The number of hydrogen-bond donors (Lipinski definition) is 0. The van der Waals surface area contributed by atoms with Crippen molar-refractivity contribution in [2.75, 3.05) is 20.1 Å². The molecule has 1 nitrogen and oxygen atoms in total. The highest BCUT2D eigenvalue weighted by Crippen LogP contribution is 2.50. The third kappa shape index (κ3) is 1.10. The molecule has 0 bridgehead atoms. The van der Waals surface area contributed by atoms with Gasteiger partial charge in [-0.2, -0.15) is 0 Å². The van der Waals surface area contributed by atoms with Crippen molar-refractivity contribution >= 4 is 0 Å². The number of rotatable bonds is 0. The minimum atomic E-state index is 0.757. The van der Waals surface area contributed by atoms with Crippen LogP contribution in [0.1, 0.15) is 32.6 Å². The van der Waals surface area contributed by atoms with E-state index >= 15 is 0 Å². The standard InChI is InChI=1S/C10H19N/c1-9-4-7-11(2)8-10(9)5-3-6-10/h9H,3-8H2,1-2H3/t9-/m1/s1. The summed E-state index contributed by atoms with van der Waals surface area (Å²) >= 11 is 0. The van der Waals surface area contributed by atoms with Gasteiger partial charge in [-0.25, -0.2) is 0 Å². The summed E-state index contributed by atoms with van der Waals surface area (Å²) < 4.78 is 0. The topological polar surface area (TPSA) is 3.24 Å². The summed E-state index contributed by atoms with van der Waals surface area (Å²) in [6, 6.07) is 0. The second kappa shape index (κ2) is 2.48. The predicted molar refractivity (Wildman–Crippen MR) is 47.6 cm³/mol. The molecule has 1 aliphatic carbocycles. The zero-order valence-corrected chi connectivity index (χ0v) is 7.77. The fourth-order valence-corrected chi connectivity index (χ4v) is 2.77. The van der Waals surface area contributed by atoms with Gasteiger partial charge >= 0.3 is 0 Å². The number of hydrogen-bond acceptors (Lipinski definition) is 1. The van der Waals surface area contributed by atoms with Gasteiger partial charge in [0.25, 0.3) is 0 Å². The lowest BCUT2D eigenvalue weighted by Crippen LogP contribution is -2.50. The summed E-state index contributed by atoms with van der Waals surface area (Å²) in [4.78, 5) is 2.51.